The minimum Gasteiger partial charge on any atom is -0.464 e. The van der Waals surface area contributed by atoms with Crippen molar-refractivity contribution in [3.05, 3.63) is 72.4 Å². The van der Waals surface area contributed by atoms with Crippen LogP contribution in [0.2, 0.25) is 5.02 Å². The molecule has 0 spiro atoms. The van der Waals surface area contributed by atoms with Gasteiger partial charge in [0, 0.05) is 30.2 Å². The van der Waals surface area contributed by atoms with E-state index in [9.17, 15) is 27.6 Å². The summed E-state index contributed by atoms with van der Waals surface area (Å²) in [6.07, 6.45) is -4.56. The highest BCUT2D eigenvalue weighted by molar-refractivity contribution is 6.32. The van der Waals surface area contributed by atoms with Gasteiger partial charge in [-0.05, 0) is 36.6 Å². The van der Waals surface area contributed by atoms with Crippen LogP contribution in [0, 0.1) is 12.3 Å². The highest BCUT2D eigenvalue weighted by Gasteiger charge is 2.36. The van der Waals surface area contributed by atoms with Crippen LogP contribution in [0.25, 0.3) is 0 Å². The second kappa shape index (κ2) is 9.53. The molecule has 0 saturated carbocycles. The molecule has 1 atom stereocenters. The van der Waals surface area contributed by atoms with E-state index in [4.69, 9.17) is 16.0 Å². The van der Waals surface area contributed by atoms with E-state index in [-0.39, 0.29) is 40.7 Å². The zero-order valence-electron chi connectivity index (χ0n) is 20.6. The smallest absolute Gasteiger partial charge is 0.457 e. The van der Waals surface area contributed by atoms with Crippen LogP contribution < -0.4 is 26.8 Å². The zero-order valence-corrected chi connectivity index (χ0v) is 21.4. The highest BCUT2D eigenvalue weighted by Crippen LogP contribution is 2.39. The Balaban J connectivity index is 1.61. The van der Waals surface area contributed by atoms with Crippen molar-refractivity contribution in [2.45, 2.75) is 46.6 Å². The molecule has 2 heterocycles. The van der Waals surface area contributed by atoms with E-state index in [0.717, 1.165) is 0 Å². The van der Waals surface area contributed by atoms with E-state index in [1.807, 2.05) is 20.8 Å². The van der Waals surface area contributed by atoms with Crippen LogP contribution >= 0.6 is 11.6 Å². The van der Waals surface area contributed by atoms with E-state index in [1.54, 1.807) is 19.1 Å². The summed E-state index contributed by atoms with van der Waals surface area (Å²) in [7, 11) is 0. The Bertz CT molecular complexity index is 1420. The van der Waals surface area contributed by atoms with E-state index in [2.05, 4.69) is 10.6 Å². The Morgan fingerprint density at radius 3 is 2.32 bits per heavy atom. The van der Waals surface area contributed by atoms with Crippen LogP contribution in [0.5, 0.6) is 0 Å². The molecule has 1 aliphatic rings. The average Bonchev–Trinajstić information content (AvgIpc) is 3.36. The van der Waals surface area contributed by atoms with Crippen molar-refractivity contribution in [1.82, 2.24) is 10.2 Å². The van der Waals surface area contributed by atoms with Crippen molar-refractivity contribution < 1.29 is 22.4 Å². The minimum atomic E-state index is -4.56. The monoisotopic (exact) mass is 538 g/mol. The van der Waals surface area contributed by atoms with Crippen LogP contribution in [0.1, 0.15) is 54.3 Å². The van der Waals surface area contributed by atoms with E-state index >= 15 is 0 Å². The molecular formula is C25H26ClF3N4O4. The Labute approximate surface area is 215 Å². The van der Waals surface area contributed by atoms with Crippen LogP contribution in [-0.2, 0) is 6.54 Å². The third-order valence-corrected chi connectivity index (χ3v) is 6.54. The first-order valence-corrected chi connectivity index (χ1v) is 11.9. The van der Waals surface area contributed by atoms with E-state index in [0.29, 0.717) is 17.1 Å². The highest BCUT2D eigenvalue weighted by atomic mass is 35.5. The van der Waals surface area contributed by atoms with Gasteiger partial charge in [0.1, 0.15) is 22.9 Å². The van der Waals surface area contributed by atoms with Gasteiger partial charge in [-0.25, -0.2) is 5.32 Å². The summed E-state index contributed by atoms with van der Waals surface area (Å²) in [5, 5.41) is 7.68. The first-order valence-electron chi connectivity index (χ1n) is 11.5. The molecule has 2 aromatic carbocycles. The quantitative estimate of drug-likeness (QED) is 0.278. The summed E-state index contributed by atoms with van der Waals surface area (Å²) >= 11 is 6.27. The third-order valence-electron chi connectivity index (χ3n) is 6.18. The largest absolute Gasteiger partial charge is 0.464 e. The van der Waals surface area contributed by atoms with Gasteiger partial charge in [-0.1, -0.05) is 32.4 Å². The molecular weight excluding hydrogens is 513 g/mol. The maximum absolute atomic E-state index is 13.1. The third kappa shape index (κ3) is 5.37. The number of nitrogens with zero attached hydrogens (tertiary/aromatic N) is 1. The van der Waals surface area contributed by atoms with Crippen LogP contribution in [0.4, 0.5) is 30.2 Å². The molecule has 0 bridgehead atoms. The molecule has 8 nitrogen and oxygen atoms in total. The molecule has 1 aliphatic heterocycles. The molecule has 1 aromatic heterocycles. The number of anilines is 3. The zero-order chi connectivity index (χ0) is 27.3. The number of hydrogen-bond donors (Lipinski definition) is 3. The molecule has 12 heteroatoms. The molecule has 0 saturated heterocycles. The van der Waals surface area contributed by atoms with Gasteiger partial charge < -0.3 is 20.0 Å². The Kier molecular flexibility index (Phi) is 6.89. The van der Waals surface area contributed by atoms with Crippen LogP contribution in [-0.4, -0.2) is 30.2 Å². The average molecular weight is 539 g/mol. The van der Waals surface area contributed by atoms with Gasteiger partial charge >= 0.3 is 6.30 Å². The normalized spacial score (nSPS) is 14.8. The van der Waals surface area contributed by atoms with Gasteiger partial charge in [-0.15, -0.1) is 0 Å². The first-order chi connectivity index (χ1) is 17.2. The Morgan fingerprint density at radius 1 is 1.05 bits per heavy atom. The number of nitrogens with one attached hydrogen (secondary N) is 3. The lowest BCUT2D eigenvalue weighted by Gasteiger charge is -2.31. The van der Waals surface area contributed by atoms with E-state index < -0.39 is 41.1 Å². The van der Waals surface area contributed by atoms with Crippen LogP contribution in [0.3, 0.4) is 0 Å². The summed E-state index contributed by atoms with van der Waals surface area (Å²) < 4.78 is 43.2. The molecule has 1 amide bonds. The van der Waals surface area contributed by atoms with Gasteiger partial charge in [-0.2, -0.15) is 13.2 Å². The van der Waals surface area contributed by atoms with Crippen molar-refractivity contribution in [3.8, 4) is 0 Å². The molecule has 0 unspecified atom stereocenters. The Morgan fingerprint density at radius 2 is 1.73 bits per heavy atom. The first kappa shape index (κ1) is 26.7. The lowest BCUT2D eigenvalue weighted by molar-refractivity contribution is -0.157. The second-order valence-electron chi connectivity index (χ2n) is 10.0. The molecule has 4 rings (SSSR count). The van der Waals surface area contributed by atoms with Gasteiger partial charge in [0.05, 0.1) is 17.3 Å². The second-order valence-corrected chi connectivity index (χ2v) is 10.4. The van der Waals surface area contributed by atoms with Crippen LogP contribution in [0.15, 0.2) is 38.3 Å². The van der Waals surface area contributed by atoms with E-state index in [1.165, 1.54) is 22.3 Å². The number of aryl methyl sites for hydroxylation is 1. The predicted octanol–water partition coefficient (Wildman–Crippen LogP) is 4.85. The molecule has 0 aliphatic carbocycles. The topological polar surface area (TPSA) is 104 Å². The number of amides is 1. The van der Waals surface area contributed by atoms with Gasteiger partial charge in [0.15, 0.2) is 0 Å². The minimum absolute atomic E-state index is 0.0166. The molecule has 0 radical (unpaired) electrons. The van der Waals surface area contributed by atoms with Crippen molar-refractivity contribution in [3.63, 3.8) is 0 Å². The summed E-state index contributed by atoms with van der Waals surface area (Å²) in [4.78, 5) is 39.3. The number of halogens is 4. The number of hydrogen-bond acceptors (Lipinski definition) is 7. The Hall–Kier alpha value is -3.31. The molecule has 0 fully saturated rings. The fourth-order valence-electron chi connectivity index (χ4n) is 4.31. The van der Waals surface area contributed by atoms with Gasteiger partial charge in [-0.3, -0.25) is 14.4 Å². The number of rotatable bonds is 8. The summed E-state index contributed by atoms with van der Waals surface area (Å²) in [5.41, 5.74) is -1.03. The molecule has 37 heavy (non-hydrogen) atoms. The molecule has 3 N–H and O–H groups in total. The van der Waals surface area contributed by atoms with Crippen molar-refractivity contribution in [2.75, 3.05) is 23.7 Å². The van der Waals surface area contributed by atoms with Crippen molar-refractivity contribution >= 4 is 34.6 Å². The fourth-order valence-corrected chi connectivity index (χ4v) is 4.53. The standard InChI is InChI=1S/C25H26ClF3N4O4/c1-12-5-8-16(37-12)22(24(2,3)4)32-19-18(20(34)21(19)35)31-15-7-6-14(26)13-11-33(23(36)17(13)15)10-9-30-25(27,28)29/h5-8,22,30-32H,9-11H2,1-4H3/t22-/m0/s1. The van der Waals surface area contributed by atoms with Gasteiger partial charge in [0.25, 0.3) is 16.8 Å². The SMILES string of the molecule is Cc1ccc([C@H](Nc2c(Nc3ccc(Cl)c4c3C(=O)N(CCNC(F)(F)F)C4)c(=O)c2=O)C(C)(C)C)o1. The number of alkyl halides is 3. The van der Waals surface area contributed by atoms with Crippen molar-refractivity contribution in [1.29, 1.82) is 0 Å². The number of carbonyl (C=O) groups is 1. The van der Waals surface area contributed by atoms with Crippen molar-refractivity contribution in [2.24, 2.45) is 5.41 Å². The maximum atomic E-state index is 13.1. The maximum Gasteiger partial charge on any atom is 0.457 e. The lowest BCUT2D eigenvalue weighted by Crippen LogP contribution is -2.39. The fraction of sp³-hybridized carbons (Fsp3) is 0.400. The number of furan rings is 1. The summed E-state index contributed by atoms with van der Waals surface area (Å²) in [6.45, 7) is 6.98. The number of benzene rings is 1. The summed E-state index contributed by atoms with van der Waals surface area (Å²) in [5.74, 6) is 0.755. The number of fused-ring (bicyclic) bond motifs is 1. The molecule has 3 aromatic rings. The predicted molar refractivity (Wildman–Crippen MR) is 134 cm³/mol. The summed E-state index contributed by atoms with van der Waals surface area (Å²) in [6, 6.07) is 6.17. The molecule has 198 valence electrons. The van der Waals surface area contributed by atoms with Gasteiger partial charge in [0.2, 0.25) is 0 Å². The lowest BCUT2D eigenvalue weighted by atomic mass is 9.85. The number of carbonyl (C=O) groups excluding carboxylic acids is 1.